The monoisotopic (exact) mass is 281 g/mol. The van der Waals surface area contributed by atoms with E-state index in [1.807, 2.05) is 0 Å². The first-order chi connectivity index (χ1) is 7.66. The average Bonchev–Trinajstić information content (AvgIpc) is 2.15. The second-order valence-electron chi connectivity index (χ2n) is 3.26. The lowest BCUT2D eigenvalue weighted by atomic mass is 10.2. The van der Waals surface area contributed by atoms with Crippen molar-refractivity contribution in [3.8, 4) is 0 Å². The van der Waals surface area contributed by atoms with Gasteiger partial charge in [-0.25, -0.2) is 13.6 Å². The molecule has 0 amide bonds. The zero-order valence-corrected chi connectivity index (χ0v) is 10.2. The molecular weight excluding hydrogens is 270 g/mol. The molecule has 0 atom stereocenters. The zero-order chi connectivity index (χ0) is 13.3. The summed E-state index contributed by atoms with van der Waals surface area (Å²) in [7, 11) is -8.62. The van der Waals surface area contributed by atoms with Crippen molar-refractivity contribution in [2.24, 2.45) is 5.14 Å². The van der Waals surface area contributed by atoms with Gasteiger partial charge in [-0.3, -0.25) is 4.55 Å². The van der Waals surface area contributed by atoms with Crippen molar-refractivity contribution >= 4 is 20.1 Å². The molecule has 0 aliphatic rings. The third kappa shape index (κ3) is 3.48. The fourth-order valence-corrected chi connectivity index (χ4v) is 2.70. The Hall–Kier alpha value is -1.00. The van der Waals surface area contributed by atoms with Gasteiger partial charge in [-0.15, -0.1) is 0 Å². The van der Waals surface area contributed by atoms with E-state index in [0.717, 1.165) is 12.1 Å². The lowest BCUT2D eigenvalue weighted by Gasteiger charge is -2.07. The number of nitrogens with two attached hydrogens (primary N) is 1. The van der Waals surface area contributed by atoms with E-state index in [-0.39, 0.29) is 18.6 Å². The second-order valence-corrected chi connectivity index (χ2v) is 6.21. The summed E-state index contributed by atoms with van der Waals surface area (Å²) in [6, 6.07) is 2.98. The first kappa shape index (κ1) is 14.1. The number of benzene rings is 1. The van der Waals surface area contributed by atoms with Gasteiger partial charge in [0.1, 0.15) is 0 Å². The van der Waals surface area contributed by atoms with Crippen molar-refractivity contribution in [1.29, 1.82) is 0 Å². The summed E-state index contributed by atoms with van der Waals surface area (Å²) in [5, 5.41) is 13.6. The van der Waals surface area contributed by atoms with Gasteiger partial charge in [-0.1, -0.05) is 6.07 Å². The molecule has 0 aliphatic carbocycles. The van der Waals surface area contributed by atoms with Crippen molar-refractivity contribution in [1.82, 2.24) is 0 Å². The summed E-state index contributed by atoms with van der Waals surface area (Å²) >= 11 is 0. The fraction of sp³-hybridized carbons (Fsp3) is 0.250. The minimum Gasteiger partial charge on any atom is -0.396 e. The lowest BCUT2D eigenvalue weighted by molar-refractivity contribution is 0.298. The van der Waals surface area contributed by atoms with Crippen LogP contribution in [0.1, 0.15) is 5.56 Å². The molecule has 0 bridgehead atoms. The number of sulfonamides is 1. The highest BCUT2D eigenvalue weighted by molar-refractivity contribution is 7.89. The molecule has 0 heterocycles. The molecule has 0 unspecified atom stereocenters. The Labute approximate surface area is 98.7 Å². The largest absolute Gasteiger partial charge is 0.396 e. The number of hydrogen-bond donors (Lipinski definition) is 3. The molecule has 0 spiro atoms. The van der Waals surface area contributed by atoms with Crippen molar-refractivity contribution < 1.29 is 26.5 Å². The number of aliphatic hydroxyl groups is 1. The van der Waals surface area contributed by atoms with E-state index in [1.54, 1.807) is 0 Å². The number of aliphatic hydroxyl groups excluding tert-OH is 1. The van der Waals surface area contributed by atoms with Gasteiger partial charge in [0.2, 0.25) is 10.0 Å². The highest BCUT2D eigenvalue weighted by atomic mass is 32.2. The number of hydrogen-bond acceptors (Lipinski definition) is 5. The fourth-order valence-electron chi connectivity index (χ4n) is 1.29. The maximum absolute atomic E-state index is 11.2. The van der Waals surface area contributed by atoms with Gasteiger partial charge in [0.05, 0.1) is 9.79 Å². The van der Waals surface area contributed by atoms with Crippen LogP contribution in [0.4, 0.5) is 0 Å². The van der Waals surface area contributed by atoms with Crippen molar-refractivity contribution in [2.75, 3.05) is 6.61 Å². The molecule has 1 rings (SSSR count). The molecule has 0 aliphatic heterocycles. The van der Waals surface area contributed by atoms with Gasteiger partial charge in [-0.2, -0.15) is 8.42 Å². The second kappa shape index (κ2) is 4.70. The molecule has 0 saturated heterocycles. The Balaban J connectivity index is 3.51. The molecule has 17 heavy (non-hydrogen) atoms. The van der Waals surface area contributed by atoms with Gasteiger partial charge in [0, 0.05) is 6.61 Å². The number of primary sulfonamides is 1. The molecule has 1 aromatic rings. The third-order valence-corrected chi connectivity index (χ3v) is 3.87. The first-order valence-corrected chi connectivity index (χ1v) is 7.39. The van der Waals surface area contributed by atoms with Crippen LogP contribution in [0.15, 0.2) is 28.0 Å². The smallest absolute Gasteiger partial charge is 0.294 e. The van der Waals surface area contributed by atoms with Gasteiger partial charge in [0.15, 0.2) is 0 Å². The molecule has 0 fully saturated rings. The van der Waals surface area contributed by atoms with Crippen molar-refractivity contribution in [3.63, 3.8) is 0 Å². The predicted molar refractivity (Wildman–Crippen MR) is 58.4 cm³/mol. The third-order valence-electron chi connectivity index (χ3n) is 2.02. The first-order valence-electron chi connectivity index (χ1n) is 4.40. The summed E-state index contributed by atoms with van der Waals surface area (Å²) in [6.07, 6.45) is 0.0114. The van der Waals surface area contributed by atoms with Crippen LogP contribution in [0.2, 0.25) is 0 Å². The summed E-state index contributed by atoms with van der Waals surface area (Å²) < 4.78 is 52.9. The Bertz CT molecular complexity index is 619. The van der Waals surface area contributed by atoms with E-state index < -0.39 is 29.9 Å². The van der Waals surface area contributed by atoms with E-state index in [1.165, 1.54) is 6.07 Å². The van der Waals surface area contributed by atoms with Crippen molar-refractivity contribution in [3.05, 3.63) is 23.8 Å². The highest BCUT2D eigenvalue weighted by Crippen LogP contribution is 2.20. The lowest BCUT2D eigenvalue weighted by Crippen LogP contribution is -2.16. The van der Waals surface area contributed by atoms with Crippen LogP contribution < -0.4 is 5.14 Å². The van der Waals surface area contributed by atoms with Crippen LogP contribution in [0, 0.1) is 0 Å². The maximum atomic E-state index is 11.2. The molecule has 9 heteroatoms. The topological polar surface area (TPSA) is 135 Å². The van der Waals surface area contributed by atoms with Crippen LogP contribution in [0.25, 0.3) is 0 Å². The quantitative estimate of drug-likeness (QED) is 0.613. The van der Waals surface area contributed by atoms with E-state index in [2.05, 4.69) is 0 Å². The van der Waals surface area contributed by atoms with E-state index in [0.29, 0.717) is 0 Å². The Morgan fingerprint density at radius 1 is 1.18 bits per heavy atom. The molecule has 0 aromatic heterocycles. The molecule has 4 N–H and O–H groups in total. The van der Waals surface area contributed by atoms with Crippen LogP contribution in [-0.4, -0.2) is 33.1 Å². The summed E-state index contributed by atoms with van der Waals surface area (Å²) in [5.74, 6) is 0. The standard InChI is InChI=1S/C8H11NO6S2/c9-16(11,12)8-5-7(17(13,14)15)2-1-6(8)3-4-10/h1-2,5,10H,3-4H2,(H2,9,11,12)(H,13,14,15). The predicted octanol–water partition coefficient (Wildman–Crippen LogP) is -0.884. The molecule has 7 nitrogen and oxygen atoms in total. The Kier molecular flexibility index (Phi) is 3.89. The van der Waals surface area contributed by atoms with Gasteiger partial charge < -0.3 is 5.11 Å². The summed E-state index contributed by atoms with van der Waals surface area (Å²) in [5.41, 5.74) is 0.183. The maximum Gasteiger partial charge on any atom is 0.294 e. The van der Waals surface area contributed by atoms with Gasteiger partial charge in [0.25, 0.3) is 10.1 Å². The molecule has 96 valence electrons. The van der Waals surface area contributed by atoms with Crippen LogP contribution in [-0.2, 0) is 26.6 Å². The van der Waals surface area contributed by atoms with Crippen molar-refractivity contribution in [2.45, 2.75) is 16.2 Å². The minimum atomic E-state index is -4.50. The van der Waals surface area contributed by atoms with Gasteiger partial charge in [-0.05, 0) is 24.1 Å². The zero-order valence-electron chi connectivity index (χ0n) is 8.57. The molecular formula is C8H11NO6S2. The highest BCUT2D eigenvalue weighted by Gasteiger charge is 2.18. The summed E-state index contributed by atoms with van der Waals surface area (Å²) in [6.45, 7) is -0.312. The summed E-state index contributed by atoms with van der Waals surface area (Å²) in [4.78, 5) is -0.995. The number of rotatable bonds is 4. The van der Waals surface area contributed by atoms with Crippen LogP contribution in [0.3, 0.4) is 0 Å². The van der Waals surface area contributed by atoms with Gasteiger partial charge >= 0.3 is 0 Å². The normalized spacial score (nSPS) is 12.6. The molecule has 1 aromatic carbocycles. The van der Waals surface area contributed by atoms with E-state index in [4.69, 9.17) is 14.8 Å². The average molecular weight is 281 g/mol. The Morgan fingerprint density at radius 2 is 1.76 bits per heavy atom. The SMILES string of the molecule is NS(=O)(=O)c1cc(S(=O)(=O)O)ccc1CCO. The molecule has 0 radical (unpaired) electrons. The minimum absolute atomic E-state index is 0.0114. The van der Waals surface area contributed by atoms with E-state index in [9.17, 15) is 16.8 Å². The van der Waals surface area contributed by atoms with Crippen LogP contribution in [0.5, 0.6) is 0 Å². The molecule has 0 saturated carbocycles. The van der Waals surface area contributed by atoms with E-state index >= 15 is 0 Å². The van der Waals surface area contributed by atoms with Crippen LogP contribution >= 0.6 is 0 Å². The Morgan fingerprint density at radius 3 is 2.18 bits per heavy atom.